The summed E-state index contributed by atoms with van der Waals surface area (Å²) in [6, 6.07) is 14.4. The third-order valence-corrected chi connectivity index (χ3v) is 5.22. The summed E-state index contributed by atoms with van der Waals surface area (Å²) in [4.78, 5) is 4.45. The number of guanidine groups is 1. The van der Waals surface area contributed by atoms with Crippen molar-refractivity contribution in [3.05, 3.63) is 64.7 Å². The minimum atomic E-state index is -0.816. The van der Waals surface area contributed by atoms with E-state index in [9.17, 15) is 4.21 Å². The second kappa shape index (κ2) is 8.30. The molecule has 0 saturated heterocycles. The monoisotopic (exact) mass is 355 g/mol. The Hall–Kier alpha value is -2.14. The van der Waals surface area contributed by atoms with Crippen molar-refractivity contribution in [2.24, 2.45) is 10.7 Å². The molecule has 5 heteroatoms. The van der Waals surface area contributed by atoms with Gasteiger partial charge in [0.2, 0.25) is 0 Å². The van der Waals surface area contributed by atoms with Crippen LogP contribution < -0.4 is 11.1 Å². The van der Waals surface area contributed by atoms with Crippen LogP contribution in [0.3, 0.4) is 0 Å². The molecule has 3 rings (SSSR count). The minimum absolute atomic E-state index is 0.442. The average molecular weight is 356 g/mol. The van der Waals surface area contributed by atoms with E-state index in [-0.39, 0.29) is 0 Å². The van der Waals surface area contributed by atoms with Crippen molar-refractivity contribution in [3.8, 4) is 0 Å². The van der Waals surface area contributed by atoms with Crippen LogP contribution in [0.1, 0.15) is 35.1 Å². The SMILES string of the molecule is CS(=O)Cc1ccc(CN=C(N)Nc2cccc3c2CCCC3)cc1. The average Bonchev–Trinajstić information content (AvgIpc) is 2.61. The van der Waals surface area contributed by atoms with Gasteiger partial charge in [0.25, 0.3) is 0 Å². The maximum absolute atomic E-state index is 11.3. The molecule has 1 aliphatic carbocycles. The third kappa shape index (κ3) is 4.92. The topological polar surface area (TPSA) is 67.5 Å². The number of rotatable bonds is 5. The van der Waals surface area contributed by atoms with Crippen molar-refractivity contribution in [3.63, 3.8) is 0 Å². The second-order valence-corrected chi connectivity index (χ2v) is 7.95. The number of nitrogens with one attached hydrogen (secondary N) is 1. The van der Waals surface area contributed by atoms with Crippen LogP contribution in [-0.2, 0) is 35.9 Å². The number of nitrogens with zero attached hydrogens (tertiary/aromatic N) is 1. The molecule has 1 atom stereocenters. The van der Waals surface area contributed by atoms with E-state index >= 15 is 0 Å². The number of benzene rings is 2. The van der Waals surface area contributed by atoms with Crippen LogP contribution in [0.5, 0.6) is 0 Å². The maximum atomic E-state index is 11.3. The Balaban J connectivity index is 1.63. The van der Waals surface area contributed by atoms with E-state index in [2.05, 4.69) is 28.5 Å². The highest BCUT2D eigenvalue weighted by molar-refractivity contribution is 7.83. The predicted octanol–water partition coefficient (Wildman–Crippen LogP) is 3.37. The van der Waals surface area contributed by atoms with Crippen LogP contribution in [-0.4, -0.2) is 16.4 Å². The standard InChI is InChI=1S/C20H25N3OS/c1-25(24)14-16-11-9-15(10-12-16)13-22-20(21)23-19-8-4-6-17-5-2-3-7-18(17)19/h4,6,8-12H,2-3,5,7,13-14H2,1H3,(H3,21,22,23). The van der Waals surface area contributed by atoms with Crippen molar-refractivity contribution in [2.75, 3.05) is 11.6 Å². The van der Waals surface area contributed by atoms with Gasteiger partial charge in [0.1, 0.15) is 0 Å². The van der Waals surface area contributed by atoms with E-state index in [0.29, 0.717) is 18.3 Å². The van der Waals surface area contributed by atoms with Crippen LogP contribution >= 0.6 is 0 Å². The normalized spacial score (nSPS) is 15.5. The number of aliphatic imine (C=N–C) groups is 1. The molecular weight excluding hydrogens is 330 g/mol. The highest BCUT2D eigenvalue weighted by Gasteiger charge is 2.13. The summed E-state index contributed by atoms with van der Waals surface area (Å²) in [5.74, 6) is 1.03. The zero-order chi connectivity index (χ0) is 17.6. The van der Waals surface area contributed by atoms with Gasteiger partial charge in [-0.05, 0) is 54.0 Å². The van der Waals surface area contributed by atoms with Crippen LogP contribution in [0.15, 0.2) is 47.5 Å². The molecule has 0 saturated carbocycles. The summed E-state index contributed by atoms with van der Waals surface area (Å²) >= 11 is 0. The van der Waals surface area contributed by atoms with Gasteiger partial charge in [-0.1, -0.05) is 36.4 Å². The Bertz CT molecular complexity index is 784. The molecule has 0 amide bonds. The van der Waals surface area contributed by atoms with Crippen molar-refractivity contribution in [1.29, 1.82) is 0 Å². The van der Waals surface area contributed by atoms with E-state index in [0.717, 1.165) is 29.7 Å². The third-order valence-electron chi connectivity index (χ3n) is 4.48. The van der Waals surface area contributed by atoms with E-state index < -0.39 is 10.8 Å². The molecule has 0 heterocycles. The van der Waals surface area contributed by atoms with Gasteiger partial charge in [0.15, 0.2) is 5.96 Å². The van der Waals surface area contributed by atoms with E-state index in [1.807, 2.05) is 24.3 Å². The molecular formula is C20H25N3OS. The molecule has 0 aromatic heterocycles. The number of hydrogen-bond acceptors (Lipinski definition) is 2. The smallest absolute Gasteiger partial charge is 0.193 e. The van der Waals surface area contributed by atoms with Gasteiger partial charge >= 0.3 is 0 Å². The lowest BCUT2D eigenvalue weighted by molar-refractivity contribution is 0.686. The van der Waals surface area contributed by atoms with Crippen molar-refractivity contribution in [1.82, 2.24) is 0 Å². The lowest BCUT2D eigenvalue weighted by Crippen LogP contribution is -2.24. The lowest BCUT2D eigenvalue weighted by Gasteiger charge is -2.19. The number of nitrogens with two attached hydrogens (primary N) is 1. The molecule has 2 aromatic carbocycles. The molecule has 1 unspecified atom stereocenters. The molecule has 0 aliphatic heterocycles. The summed E-state index contributed by atoms with van der Waals surface area (Å²) in [6.45, 7) is 0.531. The van der Waals surface area contributed by atoms with Gasteiger partial charge in [0, 0.05) is 28.5 Å². The molecule has 0 fully saturated rings. The van der Waals surface area contributed by atoms with Gasteiger partial charge in [-0.15, -0.1) is 0 Å². The fourth-order valence-electron chi connectivity index (χ4n) is 3.23. The van der Waals surface area contributed by atoms with Crippen LogP contribution in [0.2, 0.25) is 0 Å². The summed E-state index contributed by atoms with van der Waals surface area (Å²) < 4.78 is 11.3. The summed E-state index contributed by atoms with van der Waals surface area (Å²) in [6.07, 6.45) is 6.47. The Kier molecular flexibility index (Phi) is 5.87. The number of anilines is 1. The zero-order valence-corrected chi connectivity index (χ0v) is 15.4. The highest BCUT2D eigenvalue weighted by Crippen LogP contribution is 2.27. The Labute approximate surface area is 152 Å². The fraction of sp³-hybridized carbons (Fsp3) is 0.350. The second-order valence-electron chi connectivity index (χ2n) is 6.51. The van der Waals surface area contributed by atoms with Gasteiger partial charge in [-0.2, -0.15) is 0 Å². The number of fused-ring (bicyclic) bond motifs is 1. The first kappa shape index (κ1) is 17.7. The van der Waals surface area contributed by atoms with Crippen molar-refractivity contribution < 1.29 is 4.21 Å². The van der Waals surface area contributed by atoms with Crippen molar-refractivity contribution >= 4 is 22.4 Å². The molecule has 2 aromatic rings. The largest absolute Gasteiger partial charge is 0.370 e. The summed E-state index contributed by atoms with van der Waals surface area (Å²) in [7, 11) is -0.816. The summed E-state index contributed by atoms with van der Waals surface area (Å²) in [5.41, 5.74) is 12.1. The first-order chi connectivity index (χ1) is 12.1. The van der Waals surface area contributed by atoms with Gasteiger partial charge in [-0.3, -0.25) is 4.21 Å². The molecule has 0 radical (unpaired) electrons. The van der Waals surface area contributed by atoms with Gasteiger partial charge in [-0.25, -0.2) is 4.99 Å². The minimum Gasteiger partial charge on any atom is -0.370 e. The van der Waals surface area contributed by atoms with Crippen molar-refractivity contribution in [2.45, 2.75) is 38.0 Å². The van der Waals surface area contributed by atoms with Crippen LogP contribution in [0.4, 0.5) is 5.69 Å². The molecule has 0 bridgehead atoms. The van der Waals surface area contributed by atoms with E-state index in [1.54, 1.807) is 6.26 Å². The molecule has 4 nitrogen and oxygen atoms in total. The number of aryl methyl sites for hydroxylation is 1. The molecule has 0 spiro atoms. The maximum Gasteiger partial charge on any atom is 0.193 e. The van der Waals surface area contributed by atoms with E-state index in [1.165, 1.54) is 24.0 Å². The zero-order valence-electron chi connectivity index (χ0n) is 14.6. The van der Waals surface area contributed by atoms with Crippen LogP contribution in [0.25, 0.3) is 0 Å². The van der Waals surface area contributed by atoms with Gasteiger partial charge in [0.05, 0.1) is 6.54 Å². The van der Waals surface area contributed by atoms with Crippen LogP contribution in [0, 0.1) is 0 Å². The Morgan fingerprint density at radius 3 is 2.60 bits per heavy atom. The lowest BCUT2D eigenvalue weighted by atomic mass is 9.90. The predicted molar refractivity (Wildman–Crippen MR) is 106 cm³/mol. The molecule has 3 N–H and O–H groups in total. The number of hydrogen-bond donors (Lipinski definition) is 2. The Morgan fingerprint density at radius 1 is 1.12 bits per heavy atom. The van der Waals surface area contributed by atoms with Gasteiger partial charge < -0.3 is 11.1 Å². The molecule has 25 heavy (non-hydrogen) atoms. The first-order valence-corrected chi connectivity index (χ1v) is 10.4. The molecule has 1 aliphatic rings. The molecule has 132 valence electrons. The quantitative estimate of drug-likeness (QED) is 0.638. The first-order valence-electron chi connectivity index (χ1n) is 8.67. The summed E-state index contributed by atoms with van der Waals surface area (Å²) in [5, 5.41) is 3.27. The highest BCUT2D eigenvalue weighted by atomic mass is 32.2. The Morgan fingerprint density at radius 2 is 1.84 bits per heavy atom. The van der Waals surface area contributed by atoms with E-state index in [4.69, 9.17) is 5.73 Å². The fourth-order valence-corrected chi connectivity index (χ4v) is 3.89.